The molecular weight excluding hydrogens is 408 g/mol. The van der Waals surface area contributed by atoms with Crippen molar-refractivity contribution in [2.45, 2.75) is 53.5 Å². The first-order valence-corrected chi connectivity index (χ1v) is 11.1. The van der Waals surface area contributed by atoms with Crippen molar-refractivity contribution in [1.29, 1.82) is 0 Å². The fraction of sp³-hybridized carbons (Fsp3) is 0.500. The Balaban J connectivity index is 2.01. The van der Waals surface area contributed by atoms with E-state index in [1.165, 1.54) is 16.2 Å². The van der Waals surface area contributed by atoms with Gasteiger partial charge in [0.15, 0.2) is 4.80 Å². The van der Waals surface area contributed by atoms with Crippen molar-refractivity contribution >= 4 is 34.8 Å². The fourth-order valence-corrected chi connectivity index (χ4v) is 5.00. The highest BCUT2D eigenvalue weighted by Crippen LogP contribution is 2.38. The van der Waals surface area contributed by atoms with E-state index in [2.05, 4.69) is 25.8 Å². The average Bonchev–Trinajstić information content (AvgIpc) is 2.98. The van der Waals surface area contributed by atoms with E-state index in [1.54, 1.807) is 31.2 Å². The van der Waals surface area contributed by atoms with E-state index >= 15 is 0 Å². The number of amides is 1. The summed E-state index contributed by atoms with van der Waals surface area (Å²) in [5.74, 6) is -0.0961. The lowest BCUT2D eigenvalue weighted by atomic mass is 9.73. The monoisotopic (exact) mass is 434 g/mol. The van der Waals surface area contributed by atoms with Crippen molar-refractivity contribution in [3.8, 4) is 0 Å². The Labute approximate surface area is 180 Å². The van der Waals surface area contributed by atoms with Crippen LogP contribution in [0, 0.1) is 11.3 Å². The minimum atomic E-state index is -0.342. The Kier molecular flexibility index (Phi) is 6.64. The number of fused-ring (bicyclic) bond motifs is 1. The molecule has 0 unspecified atom stereocenters. The SMILES string of the molecule is CCOC(=O)Cn1c2c(sc1=NC(=O)c1ccc(Cl)cc1)C[C@@H](C(C)(C)C)CC2. The lowest BCUT2D eigenvalue weighted by Gasteiger charge is -2.33. The molecule has 0 saturated heterocycles. The zero-order valence-corrected chi connectivity index (χ0v) is 18.9. The molecule has 1 aromatic carbocycles. The molecule has 2 aromatic rings. The molecule has 0 radical (unpaired) electrons. The molecule has 1 aliphatic rings. The second kappa shape index (κ2) is 8.84. The number of benzene rings is 1. The maximum Gasteiger partial charge on any atom is 0.326 e. The quantitative estimate of drug-likeness (QED) is 0.657. The van der Waals surface area contributed by atoms with Crippen molar-refractivity contribution < 1.29 is 14.3 Å². The number of rotatable bonds is 4. The number of thiazole rings is 1. The molecule has 1 atom stereocenters. The van der Waals surface area contributed by atoms with Crippen LogP contribution in [0.25, 0.3) is 0 Å². The fourth-order valence-electron chi connectivity index (χ4n) is 3.63. The maximum absolute atomic E-state index is 12.7. The van der Waals surface area contributed by atoms with Crippen LogP contribution in [-0.4, -0.2) is 23.1 Å². The highest BCUT2D eigenvalue weighted by Gasteiger charge is 2.31. The van der Waals surface area contributed by atoms with Gasteiger partial charge >= 0.3 is 5.97 Å². The summed E-state index contributed by atoms with van der Waals surface area (Å²) in [7, 11) is 0. The predicted molar refractivity (Wildman–Crippen MR) is 115 cm³/mol. The first-order valence-electron chi connectivity index (χ1n) is 9.90. The van der Waals surface area contributed by atoms with E-state index in [0.29, 0.717) is 27.9 Å². The van der Waals surface area contributed by atoms with Crippen LogP contribution in [-0.2, 0) is 28.9 Å². The average molecular weight is 435 g/mol. The summed E-state index contributed by atoms with van der Waals surface area (Å²) >= 11 is 7.42. The number of nitrogens with zero attached hydrogens (tertiary/aromatic N) is 2. The third kappa shape index (κ3) is 5.17. The van der Waals surface area contributed by atoms with Gasteiger partial charge < -0.3 is 9.30 Å². The summed E-state index contributed by atoms with van der Waals surface area (Å²) in [6.45, 7) is 8.98. The number of carbonyl (C=O) groups is 2. The van der Waals surface area contributed by atoms with Crippen molar-refractivity contribution in [3.05, 3.63) is 50.2 Å². The lowest BCUT2D eigenvalue weighted by Crippen LogP contribution is -2.29. The molecular formula is C22H27ClN2O3S. The van der Waals surface area contributed by atoms with Crippen molar-refractivity contribution in [2.75, 3.05) is 6.61 Å². The van der Waals surface area contributed by atoms with Crippen LogP contribution in [0.2, 0.25) is 5.02 Å². The molecule has 1 aromatic heterocycles. The van der Waals surface area contributed by atoms with Crippen LogP contribution in [0.15, 0.2) is 29.3 Å². The van der Waals surface area contributed by atoms with E-state index < -0.39 is 0 Å². The van der Waals surface area contributed by atoms with E-state index in [0.717, 1.165) is 25.0 Å². The van der Waals surface area contributed by atoms with Crippen LogP contribution in [0.5, 0.6) is 0 Å². The Morgan fingerprint density at radius 1 is 1.28 bits per heavy atom. The lowest BCUT2D eigenvalue weighted by molar-refractivity contribution is -0.143. The number of hydrogen-bond acceptors (Lipinski definition) is 4. The minimum Gasteiger partial charge on any atom is -0.465 e. The molecule has 29 heavy (non-hydrogen) atoms. The van der Waals surface area contributed by atoms with Gasteiger partial charge in [-0.05, 0) is 61.8 Å². The third-order valence-corrected chi connectivity index (χ3v) is 6.76. The second-order valence-electron chi connectivity index (χ2n) is 8.38. The molecule has 156 valence electrons. The molecule has 0 spiro atoms. The number of aromatic nitrogens is 1. The number of halogens is 1. The first-order chi connectivity index (χ1) is 13.7. The second-order valence-corrected chi connectivity index (χ2v) is 9.87. The molecule has 7 heteroatoms. The van der Waals surface area contributed by atoms with Crippen molar-refractivity contribution in [3.63, 3.8) is 0 Å². The normalized spacial score (nSPS) is 17.1. The number of hydrogen-bond donors (Lipinski definition) is 0. The smallest absolute Gasteiger partial charge is 0.326 e. The number of carbonyl (C=O) groups excluding carboxylic acids is 2. The highest BCUT2D eigenvalue weighted by molar-refractivity contribution is 7.09. The van der Waals surface area contributed by atoms with Gasteiger partial charge in [0.1, 0.15) is 6.54 Å². The van der Waals surface area contributed by atoms with Gasteiger partial charge in [0, 0.05) is 21.2 Å². The number of esters is 1. The Morgan fingerprint density at radius 2 is 1.97 bits per heavy atom. The van der Waals surface area contributed by atoms with E-state index in [9.17, 15) is 9.59 Å². The zero-order chi connectivity index (χ0) is 21.2. The molecule has 1 heterocycles. The zero-order valence-electron chi connectivity index (χ0n) is 17.3. The van der Waals surface area contributed by atoms with Crippen LogP contribution < -0.4 is 4.80 Å². The molecule has 1 aliphatic carbocycles. The molecule has 0 aliphatic heterocycles. The van der Waals surface area contributed by atoms with E-state index in [1.807, 2.05) is 4.57 Å². The van der Waals surface area contributed by atoms with E-state index in [4.69, 9.17) is 16.3 Å². The molecule has 0 saturated carbocycles. The Hall–Kier alpha value is -1.92. The topological polar surface area (TPSA) is 60.7 Å². The summed E-state index contributed by atoms with van der Waals surface area (Å²) in [6.07, 6.45) is 2.87. The molecule has 0 N–H and O–H groups in total. The van der Waals surface area contributed by atoms with Crippen LogP contribution in [0.3, 0.4) is 0 Å². The van der Waals surface area contributed by atoms with Crippen LogP contribution in [0.4, 0.5) is 0 Å². The van der Waals surface area contributed by atoms with E-state index in [-0.39, 0.29) is 23.8 Å². The predicted octanol–water partition coefficient (Wildman–Crippen LogP) is 4.66. The third-order valence-electron chi connectivity index (χ3n) is 5.36. The summed E-state index contributed by atoms with van der Waals surface area (Å²) in [5, 5.41) is 0.568. The van der Waals surface area contributed by atoms with Crippen LogP contribution >= 0.6 is 22.9 Å². The van der Waals surface area contributed by atoms with Crippen molar-refractivity contribution in [1.82, 2.24) is 4.57 Å². The highest BCUT2D eigenvalue weighted by atomic mass is 35.5. The first kappa shape index (κ1) is 21.8. The Morgan fingerprint density at radius 3 is 2.59 bits per heavy atom. The van der Waals surface area contributed by atoms with Gasteiger partial charge in [0.2, 0.25) is 0 Å². The van der Waals surface area contributed by atoms with Crippen molar-refractivity contribution in [2.24, 2.45) is 16.3 Å². The largest absolute Gasteiger partial charge is 0.465 e. The Bertz CT molecular complexity index is 967. The summed E-state index contributed by atoms with van der Waals surface area (Å²) in [6, 6.07) is 6.66. The molecule has 3 rings (SSSR count). The summed E-state index contributed by atoms with van der Waals surface area (Å²) in [4.78, 5) is 31.0. The van der Waals surface area contributed by atoms with Gasteiger partial charge in [-0.1, -0.05) is 32.4 Å². The van der Waals surface area contributed by atoms with Gasteiger partial charge in [0.05, 0.1) is 6.61 Å². The van der Waals surface area contributed by atoms with Gasteiger partial charge in [-0.15, -0.1) is 11.3 Å². The summed E-state index contributed by atoms with van der Waals surface area (Å²) < 4.78 is 7.01. The van der Waals surface area contributed by atoms with Gasteiger partial charge in [-0.25, -0.2) is 0 Å². The standard InChI is InChI=1S/C22H27ClN2O3S/c1-5-28-19(26)13-25-17-11-8-15(22(2,3)4)12-18(17)29-21(25)24-20(27)14-6-9-16(23)10-7-14/h6-7,9-10,15H,5,8,11-13H2,1-4H3/t15-/m0/s1. The van der Waals surface area contributed by atoms with Gasteiger partial charge in [-0.2, -0.15) is 4.99 Å². The molecule has 1 amide bonds. The summed E-state index contributed by atoms with van der Waals surface area (Å²) in [5.41, 5.74) is 1.78. The number of ether oxygens (including phenoxy) is 1. The molecule has 0 fully saturated rings. The maximum atomic E-state index is 12.7. The minimum absolute atomic E-state index is 0.0760. The molecule has 0 bridgehead atoms. The van der Waals surface area contributed by atoms with Gasteiger partial charge in [-0.3, -0.25) is 9.59 Å². The van der Waals surface area contributed by atoms with Gasteiger partial charge in [0.25, 0.3) is 5.91 Å². The van der Waals surface area contributed by atoms with Crippen LogP contribution in [0.1, 0.15) is 55.0 Å². The molecule has 5 nitrogen and oxygen atoms in total.